The molecule has 108 valence electrons. The molecule has 0 radical (unpaired) electrons. The maximum atomic E-state index is 13.9. The van der Waals surface area contributed by atoms with Crippen LogP contribution in [-0.4, -0.2) is 13.1 Å². The molecule has 0 fully saturated rings. The van der Waals surface area contributed by atoms with Crippen LogP contribution in [0, 0.1) is 24.0 Å². The molecule has 0 aliphatic heterocycles. The van der Waals surface area contributed by atoms with Crippen LogP contribution in [-0.2, 0) is 9.53 Å². The zero-order valence-electron chi connectivity index (χ0n) is 11.3. The van der Waals surface area contributed by atoms with Crippen LogP contribution in [0.15, 0.2) is 12.1 Å². The first-order valence-electron chi connectivity index (χ1n) is 5.52. The Morgan fingerprint density at radius 2 is 1.89 bits per heavy atom. The van der Waals surface area contributed by atoms with Crippen molar-refractivity contribution >= 4 is 18.4 Å². The summed E-state index contributed by atoms with van der Waals surface area (Å²) in [6.45, 7) is 4.49. The number of aryl methyl sites for hydroxylation is 1. The van der Waals surface area contributed by atoms with E-state index in [0.717, 1.165) is 6.07 Å². The minimum atomic E-state index is -1.22. The molecule has 1 rings (SSSR count). The van der Waals surface area contributed by atoms with Crippen LogP contribution >= 0.6 is 12.4 Å². The van der Waals surface area contributed by atoms with E-state index in [-0.39, 0.29) is 23.5 Å². The highest BCUT2D eigenvalue weighted by molar-refractivity contribution is 5.85. The van der Waals surface area contributed by atoms with Gasteiger partial charge in [-0.15, -0.1) is 12.4 Å². The summed E-state index contributed by atoms with van der Waals surface area (Å²) in [6, 6.07) is 1.34. The first kappa shape index (κ1) is 17.8. The van der Waals surface area contributed by atoms with Gasteiger partial charge in [0.05, 0.1) is 18.6 Å². The standard InChI is InChI=1S/C13H17F2NO2.ClH/c1-7-5-6-8(14)9(10(7)15)11(16)13(2,3)12(17)18-4;/h5-6,11H,16H2,1-4H3;1H/t11-;/m0./s1. The lowest BCUT2D eigenvalue weighted by molar-refractivity contribution is -0.152. The number of esters is 1. The Morgan fingerprint density at radius 1 is 1.37 bits per heavy atom. The average Bonchev–Trinajstić information content (AvgIpc) is 2.33. The number of methoxy groups -OCH3 is 1. The third-order valence-electron chi connectivity index (χ3n) is 3.12. The third-order valence-corrected chi connectivity index (χ3v) is 3.12. The van der Waals surface area contributed by atoms with Crippen molar-refractivity contribution in [2.24, 2.45) is 11.1 Å². The fourth-order valence-corrected chi connectivity index (χ4v) is 1.71. The van der Waals surface area contributed by atoms with E-state index >= 15 is 0 Å². The molecular formula is C13H18ClF2NO2. The highest BCUT2D eigenvalue weighted by Crippen LogP contribution is 2.35. The zero-order chi connectivity index (χ0) is 14.1. The molecule has 0 spiro atoms. The molecule has 0 saturated heterocycles. The van der Waals surface area contributed by atoms with Gasteiger partial charge in [0, 0.05) is 5.56 Å². The highest BCUT2D eigenvalue weighted by atomic mass is 35.5. The molecule has 0 unspecified atom stereocenters. The molecule has 6 heteroatoms. The van der Waals surface area contributed by atoms with Crippen LogP contribution in [0.4, 0.5) is 8.78 Å². The van der Waals surface area contributed by atoms with Crippen LogP contribution in [0.25, 0.3) is 0 Å². The monoisotopic (exact) mass is 293 g/mol. The number of ether oxygens (including phenoxy) is 1. The van der Waals surface area contributed by atoms with Crippen LogP contribution in [0.5, 0.6) is 0 Å². The summed E-state index contributed by atoms with van der Waals surface area (Å²) in [6.07, 6.45) is 0. The van der Waals surface area contributed by atoms with Crippen LogP contribution in [0.1, 0.15) is 31.0 Å². The van der Waals surface area contributed by atoms with Crippen molar-refractivity contribution in [2.45, 2.75) is 26.8 Å². The van der Waals surface area contributed by atoms with Crippen LogP contribution in [0.2, 0.25) is 0 Å². The average molecular weight is 294 g/mol. The predicted molar refractivity (Wildman–Crippen MR) is 71.1 cm³/mol. The quantitative estimate of drug-likeness (QED) is 0.872. The van der Waals surface area contributed by atoms with E-state index in [0.29, 0.717) is 0 Å². The van der Waals surface area contributed by atoms with Gasteiger partial charge in [0.1, 0.15) is 11.6 Å². The fourth-order valence-electron chi connectivity index (χ4n) is 1.71. The van der Waals surface area contributed by atoms with E-state index in [4.69, 9.17) is 5.73 Å². The van der Waals surface area contributed by atoms with Gasteiger partial charge in [0.15, 0.2) is 0 Å². The van der Waals surface area contributed by atoms with Crippen molar-refractivity contribution in [2.75, 3.05) is 7.11 Å². The number of nitrogens with two attached hydrogens (primary N) is 1. The summed E-state index contributed by atoms with van der Waals surface area (Å²) in [5, 5.41) is 0. The lowest BCUT2D eigenvalue weighted by Crippen LogP contribution is -2.38. The van der Waals surface area contributed by atoms with Crippen molar-refractivity contribution < 1.29 is 18.3 Å². The Balaban J connectivity index is 0.00000324. The number of rotatable bonds is 3. The fraction of sp³-hybridized carbons (Fsp3) is 0.462. The maximum Gasteiger partial charge on any atom is 0.313 e. The van der Waals surface area contributed by atoms with E-state index < -0.39 is 29.1 Å². The van der Waals surface area contributed by atoms with Crippen molar-refractivity contribution in [1.82, 2.24) is 0 Å². The number of benzene rings is 1. The van der Waals surface area contributed by atoms with Gasteiger partial charge in [0.2, 0.25) is 0 Å². The first-order chi connectivity index (χ1) is 8.23. The van der Waals surface area contributed by atoms with E-state index in [1.54, 1.807) is 0 Å². The number of carbonyl (C=O) groups excluding carboxylic acids is 1. The Bertz CT molecular complexity index is 478. The molecule has 1 aromatic rings. The molecule has 19 heavy (non-hydrogen) atoms. The van der Waals surface area contributed by atoms with Crippen molar-refractivity contribution in [1.29, 1.82) is 0 Å². The van der Waals surface area contributed by atoms with Crippen LogP contribution < -0.4 is 5.73 Å². The second kappa shape index (κ2) is 6.30. The Morgan fingerprint density at radius 3 is 2.37 bits per heavy atom. The van der Waals surface area contributed by atoms with E-state index in [2.05, 4.69) is 4.74 Å². The largest absolute Gasteiger partial charge is 0.469 e. The highest BCUT2D eigenvalue weighted by Gasteiger charge is 2.39. The lowest BCUT2D eigenvalue weighted by Gasteiger charge is -2.29. The van der Waals surface area contributed by atoms with Gasteiger partial charge in [-0.2, -0.15) is 0 Å². The predicted octanol–water partition coefficient (Wildman–Crippen LogP) is 2.89. The molecule has 2 N–H and O–H groups in total. The molecule has 3 nitrogen and oxygen atoms in total. The molecule has 0 aliphatic carbocycles. The van der Waals surface area contributed by atoms with E-state index in [1.807, 2.05) is 0 Å². The molecule has 1 aromatic carbocycles. The third kappa shape index (κ3) is 3.22. The maximum absolute atomic E-state index is 13.9. The topological polar surface area (TPSA) is 52.3 Å². The summed E-state index contributed by atoms with van der Waals surface area (Å²) < 4.78 is 32.2. The Labute approximate surface area is 117 Å². The van der Waals surface area contributed by atoms with Gasteiger partial charge in [0.25, 0.3) is 0 Å². The SMILES string of the molecule is COC(=O)C(C)(C)[C@@H](N)c1c(F)ccc(C)c1F.Cl. The molecule has 0 aromatic heterocycles. The Hall–Kier alpha value is -1.20. The summed E-state index contributed by atoms with van der Waals surface area (Å²) in [7, 11) is 1.21. The molecule has 0 bridgehead atoms. The van der Waals surface area contributed by atoms with Gasteiger partial charge in [-0.3, -0.25) is 4.79 Å². The van der Waals surface area contributed by atoms with Crippen molar-refractivity contribution in [3.8, 4) is 0 Å². The molecule has 0 saturated carbocycles. The molecule has 1 atom stereocenters. The number of carbonyl (C=O) groups is 1. The lowest BCUT2D eigenvalue weighted by atomic mass is 9.80. The molecule has 0 aliphatic rings. The number of hydrogen-bond acceptors (Lipinski definition) is 3. The van der Waals surface area contributed by atoms with Crippen molar-refractivity contribution in [3.63, 3.8) is 0 Å². The van der Waals surface area contributed by atoms with E-state index in [9.17, 15) is 13.6 Å². The normalized spacial score (nSPS) is 12.6. The summed E-state index contributed by atoms with van der Waals surface area (Å²) in [5.41, 5.74) is 4.61. The zero-order valence-corrected chi connectivity index (χ0v) is 12.1. The smallest absolute Gasteiger partial charge is 0.313 e. The van der Waals surface area contributed by atoms with Crippen LogP contribution in [0.3, 0.4) is 0 Å². The van der Waals surface area contributed by atoms with Gasteiger partial charge >= 0.3 is 5.97 Å². The number of halogens is 3. The second-order valence-corrected chi connectivity index (χ2v) is 4.78. The summed E-state index contributed by atoms with van der Waals surface area (Å²) in [4.78, 5) is 11.6. The van der Waals surface area contributed by atoms with Gasteiger partial charge in [-0.25, -0.2) is 8.78 Å². The van der Waals surface area contributed by atoms with Gasteiger partial charge in [-0.1, -0.05) is 6.07 Å². The number of hydrogen-bond donors (Lipinski definition) is 1. The molecular weight excluding hydrogens is 276 g/mol. The Kier molecular flexibility index (Phi) is 5.90. The molecule has 0 heterocycles. The summed E-state index contributed by atoms with van der Waals surface area (Å²) >= 11 is 0. The molecule has 0 amide bonds. The van der Waals surface area contributed by atoms with Gasteiger partial charge in [-0.05, 0) is 32.4 Å². The minimum Gasteiger partial charge on any atom is -0.469 e. The van der Waals surface area contributed by atoms with E-state index in [1.165, 1.54) is 33.9 Å². The van der Waals surface area contributed by atoms with Gasteiger partial charge < -0.3 is 10.5 Å². The first-order valence-corrected chi connectivity index (χ1v) is 5.52. The minimum absolute atomic E-state index is 0. The summed E-state index contributed by atoms with van der Waals surface area (Å²) in [5.74, 6) is -2.10. The second-order valence-electron chi connectivity index (χ2n) is 4.78. The van der Waals surface area contributed by atoms with Crippen molar-refractivity contribution in [3.05, 3.63) is 34.9 Å².